The third-order valence-corrected chi connectivity index (χ3v) is 5.28. The number of nitrogens with zero attached hydrogens (tertiary/aromatic N) is 1. The lowest BCUT2D eigenvalue weighted by atomic mass is 9.91. The van der Waals surface area contributed by atoms with Gasteiger partial charge in [-0.05, 0) is 50.0 Å². The molecule has 5 nitrogen and oxygen atoms in total. The largest absolute Gasteiger partial charge is 0.490 e. The summed E-state index contributed by atoms with van der Waals surface area (Å²) >= 11 is 0. The fraction of sp³-hybridized carbons (Fsp3) is 0.571. The van der Waals surface area contributed by atoms with Gasteiger partial charge in [0.2, 0.25) is 5.91 Å². The van der Waals surface area contributed by atoms with Crippen molar-refractivity contribution < 1.29 is 14.3 Å². The predicted molar refractivity (Wildman–Crippen MR) is 103 cm³/mol. The molecule has 1 spiro atoms. The summed E-state index contributed by atoms with van der Waals surface area (Å²) in [6, 6.07) is 6.09. The summed E-state index contributed by atoms with van der Waals surface area (Å²) in [4.78, 5) is 14.9. The van der Waals surface area contributed by atoms with Crippen LogP contribution in [-0.4, -0.2) is 42.6 Å². The molecule has 1 aromatic carbocycles. The number of hydrogen-bond donors (Lipinski definition) is 1. The highest BCUT2D eigenvalue weighted by Gasteiger charge is 2.47. The van der Waals surface area contributed by atoms with E-state index in [2.05, 4.69) is 22.9 Å². The summed E-state index contributed by atoms with van der Waals surface area (Å²) in [5.74, 6) is 1.70. The second-order valence-corrected chi connectivity index (χ2v) is 7.38. The van der Waals surface area contributed by atoms with Crippen LogP contribution in [0.1, 0.15) is 45.1 Å². The minimum Gasteiger partial charge on any atom is -0.490 e. The molecule has 1 heterocycles. The van der Waals surface area contributed by atoms with Crippen molar-refractivity contribution in [2.24, 2.45) is 0 Å². The summed E-state index contributed by atoms with van der Waals surface area (Å²) in [6.07, 6.45) is 4.16. The van der Waals surface area contributed by atoms with Gasteiger partial charge in [-0.1, -0.05) is 25.5 Å². The molecule has 0 atom stereocenters. The summed E-state index contributed by atoms with van der Waals surface area (Å²) in [5.41, 5.74) is 1.80. The average Bonchev–Trinajstić information content (AvgIpc) is 3.09. The van der Waals surface area contributed by atoms with Crippen molar-refractivity contribution >= 4 is 5.91 Å². The Labute approximate surface area is 156 Å². The minimum atomic E-state index is -0.320. The Hall–Kier alpha value is -2.01. The molecule has 0 bridgehead atoms. The first-order valence-electron chi connectivity index (χ1n) is 9.61. The zero-order chi connectivity index (χ0) is 18.6. The Bertz CT molecular complexity index is 665. The molecule has 1 aliphatic carbocycles. The fourth-order valence-electron chi connectivity index (χ4n) is 4.02. The molecule has 1 aliphatic heterocycles. The maximum atomic E-state index is 12.6. The van der Waals surface area contributed by atoms with E-state index in [-0.39, 0.29) is 11.4 Å². The standard InChI is InChI=1S/C21H30N2O3/c1-4-25-19-13-17(7-8-18(19)26-15-16(2)3)14-23-12-11-22-20(24)21(23)9-5-6-10-21/h7-8,13H,2,4-6,9-12,14-15H2,1,3H3,(H,22,24). The molecule has 0 aromatic heterocycles. The molecule has 1 aromatic rings. The summed E-state index contributed by atoms with van der Waals surface area (Å²) < 4.78 is 11.6. The first kappa shape index (κ1) is 18.8. The lowest BCUT2D eigenvalue weighted by Crippen LogP contribution is -2.63. The van der Waals surface area contributed by atoms with E-state index in [1.807, 2.05) is 26.0 Å². The Morgan fingerprint density at radius 3 is 2.73 bits per heavy atom. The van der Waals surface area contributed by atoms with Crippen LogP contribution in [0.15, 0.2) is 30.4 Å². The molecule has 1 amide bonds. The molecule has 2 fully saturated rings. The van der Waals surface area contributed by atoms with Gasteiger partial charge in [-0.25, -0.2) is 0 Å². The minimum absolute atomic E-state index is 0.202. The van der Waals surface area contributed by atoms with Crippen LogP contribution in [0.25, 0.3) is 0 Å². The number of piperazine rings is 1. The summed E-state index contributed by atoms with van der Waals surface area (Å²) in [5, 5.41) is 3.07. The number of carbonyl (C=O) groups excluding carboxylic acids is 1. The van der Waals surface area contributed by atoms with Crippen LogP contribution in [0, 0.1) is 0 Å². The van der Waals surface area contributed by atoms with Crippen molar-refractivity contribution in [3.05, 3.63) is 35.9 Å². The van der Waals surface area contributed by atoms with Crippen molar-refractivity contribution in [1.29, 1.82) is 0 Å². The first-order chi connectivity index (χ1) is 12.5. The number of nitrogens with one attached hydrogen (secondary N) is 1. The quantitative estimate of drug-likeness (QED) is 0.760. The Kier molecular flexibility index (Phi) is 5.87. The Balaban J connectivity index is 1.79. The van der Waals surface area contributed by atoms with Crippen LogP contribution in [0.3, 0.4) is 0 Å². The topological polar surface area (TPSA) is 50.8 Å². The third kappa shape index (κ3) is 3.88. The van der Waals surface area contributed by atoms with Crippen LogP contribution in [0.5, 0.6) is 11.5 Å². The highest BCUT2D eigenvalue weighted by Crippen LogP contribution is 2.38. The molecular weight excluding hydrogens is 328 g/mol. The monoisotopic (exact) mass is 358 g/mol. The summed E-state index contributed by atoms with van der Waals surface area (Å²) in [6.45, 7) is 11.2. The molecule has 142 valence electrons. The fourth-order valence-corrected chi connectivity index (χ4v) is 4.02. The van der Waals surface area contributed by atoms with E-state index in [1.165, 1.54) is 0 Å². The molecule has 1 N–H and O–H groups in total. The maximum Gasteiger partial charge on any atom is 0.240 e. The lowest BCUT2D eigenvalue weighted by molar-refractivity contribution is -0.137. The van der Waals surface area contributed by atoms with E-state index >= 15 is 0 Å². The van der Waals surface area contributed by atoms with Crippen molar-refractivity contribution in [2.45, 2.75) is 51.6 Å². The molecule has 1 saturated carbocycles. The van der Waals surface area contributed by atoms with E-state index in [0.717, 1.165) is 68.0 Å². The average molecular weight is 358 g/mol. The first-order valence-corrected chi connectivity index (χ1v) is 9.61. The van der Waals surface area contributed by atoms with Gasteiger partial charge >= 0.3 is 0 Å². The molecule has 26 heavy (non-hydrogen) atoms. The number of benzene rings is 1. The van der Waals surface area contributed by atoms with Crippen LogP contribution in [-0.2, 0) is 11.3 Å². The number of ether oxygens (including phenoxy) is 2. The van der Waals surface area contributed by atoms with Gasteiger partial charge in [-0.3, -0.25) is 9.69 Å². The van der Waals surface area contributed by atoms with Gasteiger partial charge in [-0.15, -0.1) is 0 Å². The number of rotatable bonds is 7. The highest BCUT2D eigenvalue weighted by molar-refractivity contribution is 5.87. The van der Waals surface area contributed by atoms with Gasteiger partial charge in [-0.2, -0.15) is 0 Å². The van der Waals surface area contributed by atoms with Gasteiger partial charge < -0.3 is 14.8 Å². The molecule has 0 unspecified atom stereocenters. The zero-order valence-electron chi connectivity index (χ0n) is 16.0. The van der Waals surface area contributed by atoms with Gasteiger partial charge in [0.05, 0.1) is 6.61 Å². The molecule has 0 radical (unpaired) electrons. The highest BCUT2D eigenvalue weighted by atomic mass is 16.5. The molecule has 5 heteroatoms. The SMILES string of the molecule is C=C(C)COc1ccc(CN2CCNC(=O)C23CCCC3)cc1OCC. The van der Waals surface area contributed by atoms with Crippen molar-refractivity contribution in [2.75, 3.05) is 26.3 Å². The second kappa shape index (κ2) is 8.12. The zero-order valence-corrected chi connectivity index (χ0v) is 16.0. The Morgan fingerprint density at radius 1 is 1.27 bits per heavy atom. The van der Waals surface area contributed by atoms with E-state index in [9.17, 15) is 4.79 Å². The van der Waals surface area contributed by atoms with Gasteiger partial charge in [0.1, 0.15) is 12.1 Å². The number of amides is 1. The second-order valence-electron chi connectivity index (χ2n) is 7.38. The van der Waals surface area contributed by atoms with Crippen LogP contribution >= 0.6 is 0 Å². The van der Waals surface area contributed by atoms with E-state index in [1.54, 1.807) is 0 Å². The van der Waals surface area contributed by atoms with E-state index < -0.39 is 0 Å². The van der Waals surface area contributed by atoms with Crippen molar-refractivity contribution in [3.8, 4) is 11.5 Å². The van der Waals surface area contributed by atoms with Crippen LogP contribution in [0.2, 0.25) is 0 Å². The molecule has 1 saturated heterocycles. The number of hydrogen-bond acceptors (Lipinski definition) is 4. The van der Waals surface area contributed by atoms with Gasteiger partial charge in [0.25, 0.3) is 0 Å². The normalized spacial score (nSPS) is 19.4. The van der Waals surface area contributed by atoms with Gasteiger partial charge in [0.15, 0.2) is 11.5 Å². The van der Waals surface area contributed by atoms with Gasteiger partial charge in [0, 0.05) is 19.6 Å². The Morgan fingerprint density at radius 2 is 2.04 bits per heavy atom. The lowest BCUT2D eigenvalue weighted by Gasteiger charge is -2.43. The third-order valence-electron chi connectivity index (χ3n) is 5.28. The maximum absolute atomic E-state index is 12.6. The molecule has 2 aliphatic rings. The smallest absolute Gasteiger partial charge is 0.240 e. The van der Waals surface area contributed by atoms with Crippen molar-refractivity contribution in [3.63, 3.8) is 0 Å². The van der Waals surface area contributed by atoms with Crippen LogP contribution in [0.4, 0.5) is 0 Å². The van der Waals surface area contributed by atoms with E-state index in [0.29, 0.717) is 13.2 Å². The molecule has 3 rings (SSSR count). The predicted octanol–water partition coefficient (Wildman–Crippen LogP) is 3.28. The molecular formula is C21H30N2O3. The number of carbonyl (C=O) groups is 1. The van der Waals surface area contributed by atoms with Crippen molar-refractivity contribution in [1.82, 2.24) is 10.2 Å². The summed E-state index contributed by atoms with van der Waals surface area (Å²) in [7, 11) is 0. The van der Waals surface area contributed by atoms with E-state index in [4.69, 9.17) is 9.47 Å². The van der Waals surface area contributed by atoms with Crippen LogP contribution < -0.4 is 14.8 Å².